The largest absolute Gasteiger partial charge is 0.0945 e. The predicted octanol–water partition coefficient (Wildman–Crippen LogP) is 7.18. The van der Waals surface area contributed by atoms with E-state index in [1.54, 1.807) is 0 Å². The van der Waals surface area contributed by atoms with Gasteiger partial charge in [0.15, 0.2) is 0 Å². The number of hydrogen-bond acceptors (Lipinski definition) is 0. The molecule has 0 N–H and O–H groups in total. The second kappa shape index (κ2) is 9.29. The van der Waals surface area contributed by atoms with E-state index >= 15 is 0 Å². The molecule has 1 aliphatic carbocycles. The Kier molecular flexibility index (Phi) is 6.81. The van der Waals surface area contributed by atoms with E-state index in [9.17, 15) is 0 Å². The molecular formula is C25H29Cl. The van der Waals surface area contributed by atoms with E-state index in [0.717, 1.165) is 29.8 Å². The first-order chi connectivity index (χ1) is 12.7. The van der Waals surface area contributed by atoms with Crippen LogP contribution in [0.3, 0.4) is 0 Å². The minimum Gasteiger partial charge on any atom is -0.0945 e. The summed E-state index contributed by atoms with van der Waals surface area (Å²) in [6.07, 6.45) is 8.18. The maximum Gasteiger partial charge on any atom is 0.0450 e. The van der Waals surface area contributed by atoms with Gasteiger partial charge in [0.1, 0.15) is 0 Å². The zero-order chi connectivity index (χ0) is 18.4. The molecule has 1 fully saturated rings. The van der Waals surface area contributed by atoms with Crippen LogP contribution >= 0.6 is 11.6 Å². The Labute approximate surface area is 164 Å². The summed E-state index contributed by atoms with van der Waals surface area (Å²) in [7, 11) is 0. The van der Waals surface area contributed by atoms with Crippen LogP contribution in [0, 0.1) is 17.8 Å². The Balaban J connectivity index is 1.57. The zero-order valence-corrected chi connectivity index (χ0v) is 16.8. The standard InChI is InChI=1S/C25H29Cl/c1-3-5-24-17-12-21(18-25(24)26)7-6-20-10-15-23(16-11-20)22-13-8-19(4-2)9-14-22/h8-9,12-14,17-18,20,23H,3-5,10-11,15-16H2,1-2H3/t20-,23-. The van der Waals surface area contributed by atoms with Gasteiger partial charge in [0, 0.05) is 16.5 Å². The van der Waals surface area contributed by atoms with Crippen LogP contribution < -0.4 is 0 Å². The molecule has 0 bridgehead atoms. The molecule has 0 spiro atoms. The van der Waals surface area contributed by atoms with Crippen molar-refractivity contribution in [2.24, 2.45) is 5.92 Å². The lowest BCUT2D eigenvalue weighted by Gasteiger charge is -2.26. The van der Waals surface area contributed by atoms with Gasteiger partial charge in [0.25, 0.3) is 0 Å². The van der Waals surface area contributed by atoms with Crippen molar-refractivity contribution in [3.05, 3.63) is 69.7 Å². The summed E-state index contributed by atoms with van der Waals surface area (Å²) in [4.78, 5) is 0. The molecule has 1 heteroatoms. The fourth-order valence-corrected chi connectivity index (χ4v) is 4.15. The second-order valence-corrected chi connectivity index (χ2v) is 7.88. The van der Waals surface area contributed by atoms with Crippen LogP contribution in [0.15, 0.2) is 42.5 Å². The molecule has 136 valence electrons. The van der Waals surface area contributed by atoms with Crippen molar-refractivity contribution in [1.82, 2.24) is 0 Å². The Bertz CT molecular complexity index is 768. The Morgan fingerprint density at radius 3 is 2.31 bits per heavy atom. The van der Waals surface area contributed by atoms with Crippen LogP contribution in [0.4, 0.5) is 0 Å². The van der Waals surface area contributed by atoms with Crippen molar-refractivity contribution < 1.29 is 0 Å². The van der Waals surface area contributed by atoms with E-state index in [1.807, 2.05) is 6.07 Å². The molecular weight excluding hydrogens is 336 g/mol. The highest BCUT2D eigenvalue weighted by Crippen LogP contribution is 2.35. The minimum absolute atomic E-state index is 0.523. The van der Waals surface area contributed by atoms with Gasteiger partial charge >= 0.3 is 0 Å². The second-order valence-electron chi connectivity index (χ2n) is 7.47. The van der Waals surface area contributed by atoms with E-state index in [-0.39, 0.29) is 0 Å². The van der Waals surface area contributed by atoms with Crippen LogP contribution in [-0.2, 0) is 12.8 Å². The van der Waals surface area contributed by atoms with E-state index in [0.29, 0.717) is 11.8 Å². The summed E-state index contributed by atoms with van der Waals surface area (Å²) in [6, 6.07) is 15.5. The predicted molar refractivity (Wildman–Crippen MR) is 113 cm³/mol. The quantitative estimate of drug-likeness (QED) is 0.504. The maximum absolute atomic E-state index is 6.37. The fourth-order valence-electron chi connectivity index (χ4n) is 3.88. The average molecular weight is 365 g/mol. The molecule has 0 saturated heterocycles. The van der Waals surface area contributed by atoms with Crippen LogP contribution in [0.5, 0.6) is 0 Å². The highest BCUT2D eigenvalue weighted by atomic mass is 35.5. The lowest BCUT2D eigenvalue weighted by molar-refractivity contribution is 0.384. The van der Waals surface area contributed by atoms with Crippen LogP contribution in [0.1, 0.15) is 74.1 Å². The summed E-state index contributed by atoms with van der Waals surface area (Å²) >= 11 is 6.37. The van der Waals surface area contributed by atoms with Crippen LogP contribution in [-0.4, -0.2) is 0 Å². The molecule has 0 nitrogen and oxygen atoms in total. The number of benzene rings is 2. The smallest absolute Gasteiger partial charge is 0.0450 e. The molecule has 2 aromatic carbocycles. The SMILES string of the molecule is CCCc1ccc(C#C[C@H]2CC[C@H](c3ccc(CC)cc3)CC2)cc1Cl. The normalized spacial score (nSPS) is 19.7. The minimum atomic E-state index is 0.523. The summed E-state index contributed by atoms with van der Waals surface area (Å²) in [5.41, 5.74) is 5.21. The summed E-state index contributed by atoms with van der Waals surface area (Å²) in [6.45, 7) is 4.39. The van der Waals surface area contributed by atoms with Gasteiger partial charge in [-0.15, -0.1) is 0 Å². The van der Waals surface area contributed by atoms with Crippen molar-refractivity contribution >= 4 is 11.6 Å². The molecule has 3 rings (SSSR count). The molecule has 0 radical (unpaired) electrons. The Hall–Kier alpha value is -1.71. The van der Waals surface area contributed by atoms with Gasteiger partial charge in [-0.05, 0) is 73.3 Å². The molecule has 0 amide bonds. The first-order valence-electron chi connectivity index (χ1n) is 10.1. The van der Waals surface area contributed by atoms with Crippen molar-refractivity contribution in [3.8, 4) is 11.8 Å². The number of halogens is 1. The van der Waals surface area contributed by atoms with Gasteiger partial charge in [0.2, 0.25) is 0 Å². The topological polar surface area (TPSA) is 0 Å². The molecule has 0 heterocycles. The van der Waals surface area contributed by atoms with Crippen molar-refractivity contribution in [1.29, 1.82) is 0 Å². The summed E-state index contributed by atoms with van der Waals surface area (Å²) in [5, 5.41) is 0.859. The molecule has 1 saturated carbocycles. The number of aryl methyl sites for hydroxylation is 2. The van der Waals surface area contributed by atoms with Gasteiger partial charge in [-0.25, -0.2) is 0 Å². The first kappa shape index (κ1) is 19.1. The van der Waals surface area contributed by atoms with Gasteiger partial charge in [-0.2, -0.15) is 0 Å². The highest BCUT2D eigenvalue weighted by molar-refractivity contribution is 6.31. The summed E-state index contributed by atoms with van der Waals surface area (Å²) in [5.74, 6) is 8.09. The third-order valence-corrected chi connectivity index (χ3v) is 5.93. The maximum atomic E-state index is 6.37. The average Bonchev–Trinajstić information content (AvgIpc) is 2.69. The van der Waals surface area contributed by atoms with E-state index < -0.39 is 0 Å². The fraction of sp³-hybridized carbons (Fsp3) is 0.440. The lowest BCUT2D eigenvalue weighted by atomic mass is 9.79. The molecule has 0 atom stereocenters. The van der Waals surface area contributed by atoms with Crippen molar-refractivity contribution in [3.63, 3.8) is 0 Å². The highest BCUT2D eigenvalue weighted by Gasteiger charge is 2.21. The van der Waals surface area contributed by atoms with Crippen molar-refractivity contribution in [2.75, 3.05) is 0 Å². The lowest BCUT2D eigenvalue weighted by Crippen LogP contribution is -2.12. The molecule has 0 aliphatic heterocycles. The first-order valence-corrected chi connectivity index (χ1v) is 10.5. The van der Waals surface area contributed by atoms with Crippen molar-refractivity contribution in [2.45, 2.75) is 64.7 Å². The van der Waals surface area contributed by atoms with E-state index in [2.05, 4.69) is 62.1 Å². The van der Waals surface area contributed by atoms with Gasteiger partial charge in [0.05, 0.1) is 0 Å². The number of hydrogen-bond donors (Lipinski definition) is 0. The van der Waals surface area contributed by atoms with E-state index in [4.69, 9.17) is 11.6 Å². The monoisotopic (exact) mass is 364 g/mol. The van der Waals surface area contributed by atoms with Gasteiger partial charge in [-0.3, -0.25) is 0 Å². The van der Waals surface area contributed by atoms with E-state index in [1.165, 1.54) is 42.4 Å². The van der Waals surface area contributed by atoms with Crippen LogP contribution in [0.25, 0.3) is 0 Å². The molecule has 0 unspecified atom stereocenters. The molecule has 2 aromatic rings. The Morgan fingerprint density at radius 2 is 1.69 bits per heavy atom. The van der Waals surface area contributed by atoms with Crippen LogP contribution in [0.2, 0.25) is 5.02 Å². The molecule has 1 aliphatic rings. The van der Waals surface area contributed by atoms with Gasteiger partial charge in [-0.1, -0.05) is 74.0 Å². The zero-order valence-electron chi connectivity index (χ0n) is 16.0. The summed E-state index contributed by atoms with van der Waals surface area (Å²) < 4.78 is 0. The van der Waals surface area contributed by atoms with Gasteiger partial charge < -0.3 is 0 Å². The molecule has 0 aromatic heterocycles. The molecule has 26 heavy (non-hydrogen) atoms. The Morgan fingerprint density at radius 1 is 0.962 bits per heavy atom. The third kappa shape index (κ3) is 4.93. The third-order valence-electron chi connectivity index (χ3n) is 5.58. The number of rotatable bonds is 4.